The minimum atomic E-state index is -0.713. The molecule has 0 aromatic carbocycles. The molecule has 2 aromatic rings. The number of hydrogen-bond donors (Lipinski definition) is 1. The van der Waals surface area contributed by atoms with Crippen LogP contribution in [0.3, 0.4) is 0 Å². The molecule has 1 N–H and O–H groups in total. The Morgan fingerprint density at radius 3 is 2.82 bits per heavy atom. The van der Waals surface area contributed by atoms with Crippen LogP contribution in [0.25, 0.3) is 0 Å². The van der Waals surface area contributed by atoms with Crippen molar-refractivity contribution < 1.29 is 9.18 Å². The fourth-order valence-electron chi connectivity index (χ4n) is 1.20. The number of aromatic nitrogens is 2. The molecule has 0 unspecified atom stereocenters. The highest BCUT2D eigenvalue weighted by Gasteiger charge is 2.10. The van der Waals surface area contributed by atoms with Gasteiger partial charge in [-0.2, -0.15) is 4.39 Å². The lowest BCUT2D eigenvalue weighted by Crippen LogP contribution is -2.14. The first-order valence-electron chi connectivity index (χ1n) is 4.71. The summed E-state index contributed by atoms with van der Waals surface area (Å²) in [4.78, 5) is 18.9. The van der Waals surface area contributed by atoms with Crippen LogP contribution in [0.4, 0.5) is 10.1 Å². The summed E-state index contributed by atoms with van der Waals surface area (Å²) in [5, 5.41) is 2.66. The zero-order chi connectivity index (χ0) is 12.3. The SMILES string of the molecule is O=C(Nc1cccnc1Cl)c1cccc(F)n1. The lowest BCUT2D eigenvalue weighted by molar-refractivity contribution is 0.102. The topological polar surface area (TPSA) is 54.9 Å². The van der Waals surface area contributed by atoms with Crippen LogP contribution in [-0.4, -0.2) is 15.9 Å². The molecule has 0 aliphatic rings. The van der Waals surface area contributed by atoms with Crippen molar-refractivity contribution in [2.45, 2.75) is 0 Å². The summed E-state index contributed by atoms with van der Waals surface area (Å²) >= 11 is 5.77. The predicted octanol–water partition coefficient (Wildman–Crippen LogP) is 2.52. The maximum absolute atomic E-state index is 12.8. The van der Waals surface area contributed by atoms with E-state index in [1.165, 1.54) is 18.3 Å². The van der Waals surface area contributed by atoms with Gasteiger partial charge in [-0.1, -0.05) is 17.7 Å². The van der Waals surface area contributed by atoms with Gasteiger partial charge in [-0.3, -0.25) is 4.79 Å². The van der Waals surface area contributed by atoms with E-state index >= 15 is 0 Å². The Bertz CT molecular complexity index is 562. The van der Waals surface area contributed by atoms with Crippen molar-refractivity contribution in [1.29, 1.82) is 0 Å². The van der Waals surface area contributed by atoms with E-state index in [0.29, 0.717) is 5.69 Å². The predicted molar refractivity (Wildman–Crippen MR) is 61.4 cm³/mol. The van der Waals surface area contributed by atoms with E-state index in [0.717, 1.165) is 6.07 Å². The average molecular weight is 252 g/mol. The van der Waals surface area contributed by atoms with Gasteiger partial charge in [-0.25, -0.2) is 9.97 Å². The Morgan fingerprint density at radius 2 is 2.12 bits per heavy atom. The zero-order valence-electron chi connectivity index (χ0n) is 8.52. The Morgan fingerprint density at radius 1 is 1.29 bits per heavy atom. The quantitative estimate of drug-likeness (QED) is 0.835. The van der Waals surface area contributed by atoms with Crippen LogP contribution >= 0.6 is 11.6 Å². The van der Waals surface area contributed by atoms with Crippen LogP contribution in [0.5, 0.6) is 0 Å². The van der Waals surface area contributed by atoms with Crippen LogP contribution in [0.2, 0.25) is 5.15 Å². The van der Waals surface area contributed by atoms with Crippen LogP contribution < -0.4 is 5.32 Å². The molecule has 86 valence electrons. The number of hydrogen-bond acceptors (Lipinski definition) is 3. The number of nitrogens with zero attached hydrogens (tertiary/aromatic N) is 2. The van der Waals surface area contributed by atoms with Crippen molar-refractivity contribution >= 4 is 23.2 Å². The number of halogens is 2. The van der Waals surface area contributed by atoms with E-state index in [9.17, 15) is 9.18 Å². The molecule has 2 rings (SSSR count). The molecule has 0 fully saturated rings. The maximum atomic E-state index is 12.8. The van der Waals surface area contributed by atoms with E-state index in [1.807, 2.05) is 0 Å². The Labute approximate surface area is 101 Å². The number of rotatable bonds is 2. The fraction of sp³-hybridized carbons (Fsp3) is 0. The number of nitrogens with one attached hydrogen (secondary N) is 1. The minimum absolute atomic E-state index is 0.0232. The van der Waals surface area contributed by atoms with Crippen LogP contribution in [-0.2, 0) is 0 Å². The smallest absolute Gasteiger partial charge is 0.274 e. The third-order valence-electron chi connectivity index (χ3n) is 1.96. The van der Waals surface area contributed by atoms with Gasteiger partial charge in [0, 0.05) is 6.20 Å². The standard InChI is InChI=1S/C11H7ClFN3O/c12-10-7(4-2-6-14-10)16-11(17)8-3-1-5-9(13)15-8/h1-6H,(H,16,17). The summed E-state index contributed by atoms with van der Waals surface area (Å²) in [6.07, 6.45) is 1.50. The van der Waals surface area contributed by atoms with Crippen molar-refractivity contribution in [2.24, 2.45) is 0 Å². The molecule has 4 nitrogen and oxygen atoms in total. The van der Waals surface area contributed by atoms with Crippen molar-refractivity contribution in [3.63, 3.8) is 0 Å². The summed E-state index contributed by atoms with van der Waals surface area (Å²) in [7, 11) is 0. The van der Waals surface area contributed by atoms with Gasteiger partial charge in [-0.05, 0) is 24.3 Å². The molecule has 2 heterocycles. The number of amides is 1. The molecule has 6 heteroatoms. The highest BCUT2D eigenvalue weighted by Crippen LogP contribution is 2.18. The largest absolute Gasteiger partial charge is 0.318 e. The Kier molecular flexibility index (Phi) is 3.30. The molecule has 0 aliphatic heterocycles. The molecule has 0 spiro atoms. The van der Waals surface area contributed by atoms with Crippen molar-refractivity contribution in [3.8, 4) is 0 Å². The first-order valence-corrected chi connectivity index (χ1v) is 5.09. The summed E-state index contributed by atoms with van der Waals surface area (Å²) in [6.45, 7) is 0. The molecule has 0 aliphatic carbocycles. The van der Waals surface area contributed by atoms with Crippen LogP contribution in [0.15, 0.2) is 36.5 Å². The van der Waals surface area contributed by atoms with E-state index < -0.39 is 11.9 Å². The normalized spacial score (nSPS) is 10.0. The highest BCUT2D eigenvalue weighted by molar-refractivity contribution is 6.32. The molecule has 0 bridgehead atoms. The van der Waals surface area contributed by atoms with Crippen molar-refractivity contribution in [1.82, 2.24) is 9.97 Å². The second-order valence-electron chi connectivity index (χ2n) is 3.14. The first kappa shape index (κ1) is 11.5. The molecule has 0 saturated heterocycles. The highest BCUT2D eigenvalue weighted by atomic mass is 35.5. The molecule has 1 amide bonds. The second-order valence-corrected chi connectivity index (χ2v) is 3.50. The molecule has 17 heavy (non-hydrogen) atoms. The summed E-state index contributed by atoms with van der Waals surface area (Å²) in [5.41, 5.74) is 0.329. The first-order chi connectivity index (χ1) is 8.16. The number of pyridine rings is 2. The van der Waals surface area contributed by atoms with Crippen molar-refractivity contribution in [3.05, 3.63) is 53.3 Å². The molecular formula is C11H7ClFN3O. The van der Waals surface area contributed by atoms with Gasteiger partial charge in [0.1, 0.15) is 5.69 Å². The third kappa shape index (κ3) is 2.76. The van der Waals surface area contributed by atoms with Gasteiger partial charge in [0.15, 0.2) is 5.15 Å². The molecule has 0 atom stereocenters. The van der Waals surface area contributed by atoms with Crippen molar-refractivity contribution in [2.75, 3.05) is 5.32 Å². The van der Waals surface area contributed by atoms with Gasteiger partial charge >= 0.3 is 0 Å². The fourth-order valence-corrected chi connectivity index (χ4v) is 1.37. The van der Waals surface area contributed by atoms with Crippen LogP contribution in [0.1, 0.15) is 10.5 Å². The second kappa shape index (κ2) is 4.88. The number of carbonyl (C=O) groups is 1. The maximum Gasteiger partial charge on any atom is 0.274 e. The monoisotopic (exact) mass is 251 g/mol. The lowest BCUT2D eigenvalue weighted by atomic mass is 10.3. The molecular weight excluding hydrogens is 245 g/mol. The van der Waals surface area contributed by atoms with Gasteiger partial charge in [0.25, 0.3) is 5.91 Å². The third-order valence-corrected chi connectivity index (χ3v) is 2.26. The Hall–Kier alpha value is -2.01. The van der Waals surface area contributed by atoms with Gasteiger partial charge in [0.05, 0.1) is 5.69 Å². The average Bonchev–Trinajstić information content (AvgIpc) is 2.32. The molecule has 0 saturated carbocycles. The molecule has 2 aromatic heterocycles. The number of carbonyl (C=O) groups excluding carboxylic acids is 1. The minimum Gasteiger partial charge on any atom is -0.318 e. The Balaban J connectivity index is 2.20. The van der Waals surface area contributed by atoms with E-state index in [2.05, 4.69) is 15.3 Å². The van der Waals surface area contributed by atoms with E-state index in [4.69, 9.17) is 11.6 Å². The van der Waals surface area contributed by atoms with Gasteiger partial charge in [0.2, 0.25) is 5.95 Å². The lowest BCUT2D eigenvalue weighted by Gasteiger charge is -2.05. The van der Waals surface area contributed by atoms with Gasteiger partial charge < -0.3 is 5.32 Å². The zero-order valence-corrected chi connectivity index (χ0v) is 9.28. The summed E-state index contributed by atoms with van der Waals surface area (Å²) < 4.78 is 12.8. The van der Waals surface area contributed by atoms with Crippen LogP contribution in [0, 0.1) is 5.95 Å². The van der Waals surface area contributed by atoms with Gasteiger partial charge in [-0.15, -0.1) is 0 Å². The molecule has 0 radical (unpaired) electrons. The van der Waals surface area contributed by atoms with E-state index in [-0.39, 0.29) is 10.8 Å². The summed E-state index contributed by atoms with van der Waals surface area (Å²) in [6, 6.07) is 7.19. The summed E-state index contributed by atoms with van der Waals surface area (Å²) in [5.74, 6) is -1.26. The number of anilines is 1. The van der Waals surface area contributed by atoms with E-state index in [1.54, 1.807) is 12.1 Å².